The number of imidazole rings is 1. The number of fused-ring (bicyclic) bond motifs is 1. The molecule has 31 heavy (non-hydrogen) atoms. The fourth-order valence-corrected chi connectivity index (χ4v) is 4.31. The van der Waals surface area contributed by atoms with E-state index in [1.54, 1.807) is 30.0 Å². The Kier molecular flexibility index (Phi) is 6.59. The van der Waals surface area contributed by atoms with E-state index in [0.717, 1.165) is 33.7 Å². The molecule has 4 aromatic rings. The van der Waals surface area contributed by atoms with Crippen molar-refractivity contribution >= 4 is 40.3 Å². The Balaban J connectivity index is 1.40. The lowest BCUT2D eigenvalue weighted by Crippen LogP contribution is -2.25. The summed E-state index contributed by atoms with van der Waals surface area (Å²) >= 11 is 7.48. The molecule has 1 N–H and O–H groups in total. The van der Waals surface area contributed by atoms with Crippen LogP contribution in [0, 0.1) is 5.82 Å². The van der Waals surface area contributed by atoms with Gasteiger partial charge in [-0.1, -0.05) is 47.6 Å². The van der Waals surface area contributed by atoms with Gasteiger partial charge < -0.3 is 9.88 Å². The normalized spacial score (nSPS) is 11.1. The number of halogens is 2. The highest BCUT2D eigenvalue weighted by Crippen LogP contribution is 2.26. The van der Waals surface area contributed by atoms with Crippen molar-refractivity contribution in [2.45, 2.75) is 17.3 Å². The zero-order valence-electron chi connectivity index (χ0n) is 16.9. The van der Waals surface area contributed by atoms with Crippen molar-refractivity contribution in [2.24, 2.45) is 7.05 Å². The van der Waals surface area contributed by atoms with Gasteiger partial charge in [0.1, 0.15) is 5.82 Å². The van der Waals surface area contributed by atoms with Crippen molar-refractivity contribution in [3.63, 3.8) is 0 Å². The van der Waals surface area contributed by atoms with Crippen LogP contribution in [0.15, 0.2) is 71.9 Å². The Labute approximate surface area is 189 Å². The van der Waals surface area contributed by atoms with Crippen LogP contribution in [0.2, 0.25) is 5.02 Å². The van der Waals surface area contributed by atoms with Gasteiger partial charge in [0.15, 0.2) is 5.16 Å². The minimum atomic E-state index is -0.240. The number of nitrogens with one attached hydrogen (secondary N) is 1. The number of carbonyl (C=O) groups is 1. The maximum absolute atomic E-state index is 13.1. The molecule has 4 rings (SSSR count). The molecule has 0 aliphatic rings. The Hall–Kier alpha value is -2.83. The smallest absolute Gasteiger partial charge is 0.251 e. The van der Waals surface area contributed by atoms with Gasteiger partial charge in [0.05, 0.1) is 11.0 Å². The number of rotatable bonds is 7. The predicted molar refractivity (Wildman–Crippen MR) is 124 cm³/mol. The summed E-state index contributed by atoms with van der Waals surface area (Å²) in [4.78, 5) is 17.3. The molecule has 0 fully saturated rings. The minimum Gasteiger partial charge on any atom is -0.352 e. The zero-order valence-corrected chi connectivity index (χ0v) is 18.5. The Bertz CT molecular complexity index is 1210. The fraction of sp³-hybridized carbons (Fsp3) is 0.167. The van der Waals surface area contributed by atoms with Gasteiger partial charge >= 0.3 is 0 Å². The Morgan fingerprint density at radius 1 is 1.06 bits per heavy atom. The van der Waals surface area contributed by atoms with Gasteiger partial charge in [-0.3, -0.25) is 4.79 Å². The second-order valence-electron chi connectivity index (χ2n) is 7.20. The third-order valence-corrected chi connectivity index (χ3v) is 6.35. The third-order valence-electron chi connectivity index (χ3n) is 5.00. The van der Waals surface area contributed by atoms with Crippen molar-refractivity contribution in [2.75, 3.05) is 6.54 Å². The first-order valence-corrected chi connectivity index (χ1v) is 11.2. The van der Waals surface area contributed by atoms with Crippen LogP contribution in [-0.4, -0.2) is 22.0 Å². The molecule has 0 spiro atoms. The second kappa shape index (κ2) is 9.54. The number of benzene rings is 3. The largest absolute Gasteiger partial charge is 0.352 e. The zero-order chi connectivity index (χ0) is 21.8. The summed E-state index contributed by atoms with van der Waals surface area (Å²) in [5.74, 6) is 0.336. The van der Waals surface area contributed by atoms with Gasteiger partial charge in [-0.2, -0.15) is 0 Å². The van der Waals surface area contributed by atoms with Crippen LogP contribution < -0.4 is 5.32 Å². The number of hydrogen-bond acceptors (Lipinski definition) is 3. The molecule has 3 aromatic carbocycles. The third kappa shape index (κ3) is 5.27. The molecule has 0 radical (unpaired) electrons. The molecule has 0 aliphatic heterocycles. The number of amides is 1. The van der Waals surface area contributed by atoms with Crippen LogP contribution in [0.3, 0.4) is 0 Å². The van der Waals surface area contributed by atoms with Crippen LogP contribution in [0.5, 0.6) is 0 Å². The SMILES string of the molecule is Cn1c(SCc2ccc(F)cc2)nc2ccc(C(=O)NCCc3ccc(Cl)cc3)cc21. The summed E-state index contributed by atoms with van der Waals surface area (Å²) < 4.78 is 15.1. The molecule has 0 saturated carbocycles. The molecule has 158 valence electrons. The van der Waals surface area contributed by atoms with Gasteiger partial charge in [0.2, 0.25) is 0 Å². The first-order chi connectivity index (χ1) is 15.0. The first kappa shape index (κ1) is 21.4. The number of nitrogens with zero attached hydrogens (tertiary/aromatic N) is 2. The molecule has 0 aliphatic carbocycles. The summed E-state index contributed by atoms with van der Waals surface area (Å²) in [5.41, 5.74) is 4.48. The maximum atomic E-state index is 13.1. The van der Waals surface area contributed by atoms with E-state index < -0.39 is 0 Å². The highest BCUT2D eigenvalue weighted by Gasteiger charge is 2.12. The minimum absolute atomic E-state index is 0.113. The van der Waals surface area contributed by atoms with Crippen molar-refractivity contribution in [1.82, 2.24) is 14.9 Å². The Morgan fingerprint density at radius 2 is 1.77 bits per heavy atom. The molecule has 0 saturated heterocycles. The van der Waals surface area contributed by atoms with E-state index >= 15 is 0 Å². The standard InChI is InChI=1S/C24H21ClFN3OS/c1-29-22-14-18(23(30)27-13-12-16-2-7-19(25)8-3-16)6-11-21(22)28-24(29)31-15-17-4-9-20(26)10-5-17/h2-11,14H,12-13,15H2,1H3,(H,27,30). The molecule has 0 bridgehead atoms. The average molecular weight is 454 g/mol. The number of thioether (sulfide) groups is 1. The van der Waals surface area contributed by atoms with Gasteiger partial charge in [-0.15, -0.1) is 0 Å². The highest BCUT2D eigenvalue weighted by atomic mass is 35.5. The number of aryl methyl sites for hydroxylation is 1. The summed E-state index contributed by atoms with van der Waals surface area (Å²) in [5, 5.41) is 4.52. The molecule has 1 aromatic heterocycles. The average Bonchev–Trinajstić information content (AvgIpc) is 3.09. The topological polar surface area (TPSA) is 46.9 Å². The van der Waals surface area contributed by atoms with Crippen LogP contribution in [0.25, 0.3) is 11.0 Å². The highest BCUT2D eigenvalue weighted by molar-refractivity contribution is 7.98. The summed E-state index contributed by atoms with van der Waals surface area (Å²) in [6.07, 6.45) is 0.737. The van der Waals surface area contributed by atoms with Crippen molar-refractivity contribution in [1.29, 1.82) is 0 Å². The second-order valence-corrected chi connectivity index (χ2v) is 8.58. The van der Waals surface area contributed by atoms with Gasteiger partial charge in [-0.05, 0) is 60.0 Å². The number of hydrogen-bond donors (Lipinski definition) is 1. The lowest BCUT2D eigenvalue weighted by atomic mass is 10.1. The molecular formula is C24H21ClFN3OS. The van der Waals surface area contributed by atoms with Crippen LogP contribution in [0.1, 0.15) is 21.5 Å². The van der Waals surface area contributed by atoms with Crippen LogP contribution >= 0.6 is 23.4 Å². The van der Waals surface area contributed by atoms with E-state index in [1.807, 2.05) is 48.0 Å². The fourth-order valence-electron chi connectivity index (χ4n) is 3.24. The molecule has 1 amide bonds. The maximum Gasteiger partial charge on any atom is 0.251 e. The first-order valence-electron chi connectivity index (χ1n) is 9.86. The van der Waals surface area contributed by atoms with E-state index in [1.165, 1.54) is 12.1 Å². The molecule has 0 atom stereocenters. The Morgan fingerprint density at radius 3 is 2.52 bits per heavy atom. The summed E-state index contributed by atoms with van der Waals surface area (Å²) in [6.45, 7) is 0.544. The number of aromatic nitrogens is 2. The quantitative estimate of drug-likeness (QED) is 0.369. The van der Waals surface area contributed by atoms with E-state index in [0.29, 0.717) is 22.9 Å². The van der Waals surface area contributed by atoms with Gasteiger partial charge in [-0.25, -0.2) is 9.37 Å². The van der Waals surface area contributed by atoms with E-state index in [2.05, 4.69) is 10.3 Å². The van der Waals surface area contributed by atoms with E-state index in [4.69, 9.17) is 11.6 Å². The van der Waals surface area contributed by atoms with Crippen molar-refractivity contribution in [3.05, 3.63) is 94.3 Å². The van der Waals surface area contributed by atoms with Gasteiger partial charge in [0, 0.05) is 29.9 Å². The van der Waals surface area contributed by atoms with Crippen LogP contribution in [0.4, 0.5) is 4.39 Å². The van der Waals surface area contributed by atoms with Crippen LogP contribution in [-0.2, 0) is 19.2 Å². The summed E-state index contributed by atoms with van der Waals surface area (Å²) in [7, 11) is 1.94. The number of carbonyl (C=O) groups excluding carboxylic acids is 1. The molecule has 0 unspecified atom stereocenters. The van der Waals surface area contributed by atoms with E-state index in [-0.39, 0.29) is 11.7 Å². The summed E-state index contributed by atoms with van der Waals surface area (Å²) in [6, 6.07) is 19.6. The van der Waals surface area contributed by atoms with Crippen molar-refractivity contribution in [3.8, 4) is 0 Å². The van der Waals surface area contributed by atoms with Gasteiger partial charge in [0.25, 0.3) is 5.91 Å². The monoisotopic (exact) mass is 453 g/mol. The van der Waals surface area contributed by atoms with Crippen molar-refractivity contribution < 1.29 is 9.18 Å². The lowest BCUT2D eigenvalue weighted by Gasteiger charge is -2.06. The lowest BCUT2D eigenvalue weighted by molar-refractivity contribution is 0.0954. The van der Waals surface area contributed by atoms with E-state index in [9.17, 15) is 9.18 Å². The predicted octanol–water partition coefficient (Wildman–Crippen LogP) is 5.63. The molecule has 7 heteroatoms. The molecule has 4 nitrogen and oxygen atoms in total. The molecule has 1 heterocycles. The molecular weight excluding hydrogens is 433 g/mol.